The first-order chi connectivity index (χ1) is 12.1. The highest BCUT2D eigenvalue weighted by atomic mass is 16.6. The average Bonchev–Trinajstić information content (AvgIpc) is 2.66. The van der Waals surface area contributed by atoms with E-state index < -0.39 is 18.1 Å². The smallest absolute Gasteiger partial charge is 0.408 e. The summed E-state index contributed by atoms with van der Waals surface area (Å²) in [4.78, 5) is 24.2. The summed E-state index contributed by atoms with van der Waals surface area (Å²) < 4.78 is 15.5. The van der Waals surface area contributed by atoms with Crippen molar-refractivity contribution in [3.8, 4) is 0 Å². The Morgan fingerprint density at radius 1 is 1.28 bits per heavy atom. The summed E-state index contributed by atoms with van der Waals surface area (Å²) in [5, 5.41) is 2.65. The fourth-order valence-corrected chi connectivity index (χ4v) is 3.11. The van der Waals surface area contributed by atoms with E-state index in [1.807, 2.05) is 30.3 Å². The van der Waals surface area contributed by atoms with E-state index in [4.69, 9.17) is 19.9 Å². The van der Waals surface area contributed by atoms with E-state index in [2.05, 4.69) is 5.32 Å². The van der Waals surface area contributed by atoms with Gasteiger partial charge in [0.2, 0.25) is 0 Å². The highest BCUT2D eigenvalue weighted by molar-refractivity contribution is 6.52. The van der Waals surface area contributed by atoms with Crippen LogP contribution >= 0.6 is 0 Å². The van der Waals surface area contributed by atoms with Crippen molar-refractivity contribution in [2.24, 2.45) is 11.7 Å². The summed E-state index contributed by atoms with van der Waals surface area (Å²) in [5.41, 5.74) is 6.28. The zero-order valence-electron chi connectivity index (χ0n) is 14.5. The molecule has 8 heteroatoms. The third-order valence-corrected chi connectivity index (χ3v) is 4.46. The molecular weight excluding hydrogens is 323 g/mol. The largest absolute Gasteiger partial charge is 0.467 e. The van der Waals surface area contributed by atoms with Crippen LogP contribution in [0, 0.1) is 5.92 Å². The van der Waals surface area contributed by atoms with E-state index in [1.54, 1.807) is 0 Å². The molecule has 1 atom stereocenters. The average molecular weight is 348 g/mol. The Balaban J connectivity index is 1.87. The van der Waals surface area contributed by atoms with Gasteiger partial charge < -0.3 is 25.2 Å². The highest BCUT2D eigenvalue weighted by Crippen LogP contribution is 2.28. The third kappa shape index (κ3) is 6.06. The van der Waals surface area contributed by atoms with Gasteiger partial charge in [-0.1, -0.05) is 43.2 Å². The van der Waals surface area contributed by atoms with Crippen LogP contribution < -0.4 is 11.1 Å². The maximum absolute atomic E-state index is 12.1. The zero-order chi connectivity index (χ0) is 18.1. The minimum Gasteiger partial charge on any atom is -0.467 e. The van der Waals surface area contributed by atoms with Gasteiger partial charge in [-0.2, -0.15) is 0 Å². The molecule has 1 aromatic rings. The van der Waals surface area contributed by atoms with Gasteiger partial charge in [0.1, 0.15) is 12.6 Å². The first-order valence-corrected chi connectivity index (χ1v) is 8.50. The number of alkyl carbamates (subject to hydrolysis) is 1. The maximum atomic E-state index is 12.1. The third-order valence-electron chi connectivity index (χ3n) is 4.46. The first-order valence-electron chi connectivity index (χ1n) is 8.50. The molecule has 0 saturated carbocycles. The lowest BCUT2D eigenvalue weighted by Crippen LogP contribution is -2.48. The first kappa shape index (κ1) is 19.3. The van der Waals surface area contributed by atoms with Gasteiger partial charge in [0, 0.05) is 0 Å². The van der Waals surface area contributed by atoms with Crippen LogP contribution in [0.5, 0.6) is 0 Å². The molecule has 0 aliphatic carbocycles. The van der Waals surface area contributed by atoms with Crippen molar-refractivity contribution in [3.63, 3.8) is 0 Å². The molecule has 1 aliphatic rings. The molecular formula is C17H25BN2O5. The Labute approximate surface area is 148 Å². The van der Waals surface area contributed by atoms with E-state index in [-0.39, 0.29) is 26.2 Å². The number of nitrogens with one attached hydrogen (secondary N) is 1. The molecule has 1 saturated heterocycles. The van der Waals surface area contributed by atoms with Crippen molar-refractivity contribution >= 4 is 19.0 Å². The number of ether oxygens (including phenoxy) is 2. The van der Waals surface area contributed by atoms with Gasteiger partial charge in [-0.05, 0) is 24.1 Å². The number of carbonyl (C=O) groups is 2. The zero-order valence-corrected chi connectivity index (χ0v) is 14.5. The monoisotopic (exact) mass is 348 g/mol. The topological polar surface area (TPSA) is 99.9 Å². The van der Waals surface area contributed by atoms with Crippen molar-refractivity contribution in [1.29, 1.82) is 0 Å². The molecule has 2 rings (SSSR count). The minimum absolute atomic E-state index is 0.00523. The van der Waals surface area contributed by atoms with E-state index in [1.165, 1.54) is 7.11 Å². The van der Waals surface area contributed by atoms with Crippen molar-refractivity contribution < 1.29 is 23.7 Å². The quantitative estimate of drug-likeness (QED) is 0.443. The van der Waals surface area contributed by atoms with Gasteiger partial charge in [-0.15, -0.1) is 0 Å². The number of hydrogen-bond acceptors (Lipinski definition) is 6. The lowest BCUT2D eigenvalue weighted by Gasteiger charge is -2.31. The van der Waals surface area contributed by atoms with Crippen LogP contribution in [0.2, 0.25) is 12.6 Å². The van der Waals surface area contributed by atoms with Crippen LogP contribution in [0.4, 0.5) is 4.79 Å². The number of esters is 1. The van der Waals surface area contributed by atoms with Crippen LogP contribution in [-0.4, -0.2) is 38.9 Å². The summed E-state index contributed by atoms with van der Waals surface area (Å²) in [7, 11) is 1.31. The lowest BCUT2D eigenvalue weighted by atomic mass is 9.53. The molecule has 1 heterocycles. The second-order valence-electron chi connectivity index (χ2n) is 6.08. The summed E-state index contributed by atoms with van der Waals surface area (Å²) in [6.07, 6.45) is 2.48. The van der Waals surface area contributed by atoms with Gasteiger partial charge in [0.05, 0.1) is 13.8 Å². The molecule has 1 aromatic carbocycles. The minimum atomic E-state index is -0.716. The summed E-state index contributed by atoms with van der Waals surface area (Å²) in [6, 6.07) is 8.65. The number of carbonyl (C=O) groups excluding carboxylic acids is 2. The second-order valence-corrected chi connectivity index (χ2v) is 6.08. The van der Waals surface area contributed by atoms with Crippen LogP contribution in [0.15, 0.2) is 30.3 Å². The molecule has 136 valence electrons. The molecule has 1 aliphatic heterocycles. The lowest BCUT2D eigenvalue weighted by molar-refractivity contribution is -0.144. The van der Waals surface area contributed by atoms with Gasteiger partial charge in [-0.3, -0.25) is 0 Å². The second kappa shape index (κ2) is 10.1. The Hall–Kier alpha value is -2.06. The highest BCUT2D eigenvalue weighted by Gasteiger charge is 2.35. The summed E-state index contributed by atoms with van der Waals surface area (Å²) in [5.74, 6) is -0.464. The summed E-state index contributed by atoms with van der Waals surface area (Å²) >= 11 is 0. The molecule has 25 heavy (non-hydrogen) atoms. The van der Waals surface area contributed by atoms with E-state index in [9.17, 15) is 9.59 Å². The number of rotatable bonds is 7. The Morgan fingerprint density at radius 2 is 1.96 bits per heavy atom. The number of methoxy groups -OCH3 is 1. The Kier molecular flexibility index (Phi) is 7.75. The Morgan fingerprint density at radius 3 is 2.56 bits per heavy atom. The summed E-state index contributed by atoms with van der Waals surface area (Å²) in [6.45, 7) is 0.460. The van der Waals surface area contributed by atoms with E-state index in [0.29, 0.717) is 0 Å². The van der Waals surface area contributed by atoms with Gasteiger partial charge in [0.25, 0.3) is 6.92 Å². The van der Waals surface area contributed by atoms with Crippen LogP contribution in [0.1, 0.15) is 18.4 Å². The number of nitrogens with two attached hydrogens (primary N) is 1. The molecule has 7 nitrogen and oxygen atoms in total. The fraction of sp³-hybridized carbons (Fsp3) is 0.529. The molecule has 0 aromatic heterocycles. The number of amides is 1. The fourth-order valence-electron chi connectivity index (χ4n) is 3.11. The number of benzene rings is 1. The molecule has 0 radical (unpaired) electrons. The van der Waals surface area contributed by atoms with Crippen molar-refractivity contribution in [3.05, 3.63) is 35.9 Å². The molecule has 0 spiro atoms. The molecule has 1 fully saturated rings. The number of hydrogen-bond donors (Lipinski definition) is 2. The van der Waals surface area contributed by atoms with Crippen LogP contribution in [0.25, 0.3) is 0 Å². The SMILES string of the molecule is COC(=O)[C@@H](NC(=O)OCc1ccccc1)C1CCB(OCN)CC1. The molecule has 0 unspecified atom stereocenters. The standard InChI is InChI=1S/C17H25BN2O5/c1-23-16(21)15(14-7-9-18(10-8-14)25-12-19)20-17(22)24-11-13-5-3-2-4-6-13/h2-6,14-15H,7-12,19H2,1H3,(H,20,22)/t15-/m0/s1. The predicted molar refractivity (Wildman–Crippen MR) is 93.8 cm³/mol. The normalized spacial score (nSPS) is 16.2. The van der Waals surface area contributed by atoms with Gasteiger partial charge in [0.15, 0.2) is 0 Å². The maximum Gasteiger partial charge on any atom is 0.408 e. The van der Waals surface area contributed by atoms with Gasteiger partial charge >= 0.3 is 12.1 Å². The van der Waals surface area contributed by atoms with Gasteiger partial charge in [-0.25, -0.2) is 9.59 Å². The van der Waals surface area contributed by atoms with E-state index in [0.717, 1.165) is 31.0 Å². The van der Waals surface area contributed by atoms with Crippen LogP contribution in [0.3, 0.4) is 0 Å². The van der Waals surface area contributed by atoms with Crippen molar-refractivity contribution in [2.75, 3.05) is 13.8 Å². The Bertz CT molecular complexity index is 549. The van der Waals surface area contributed by atoms with Crippen LogP contribution in [-0.2, 0) is 25.5 Å². The predicted octanol–water partition coefficient (Wildman–Crippen LogP) is 1.79. The molecule has 1 amide bonds. The van der Waals surface area contributed by atoms with Crippen molar-refractivity contribution in [1.82, 2.24) is 5.32 Å². The van der Waals surface area contributed by atoms with Crippen molar-refractivity contribution in [2.45, 2.75) is 38.1 Å². The van der Waals surface area contributed by atoms with E-state index >= 15 is 0 Å². The molecule has 3 N–H and O–H groups in total. The molecule has 0 bridgehead atoms.